The minimum absolute atomic E-state index is 0.884. The van der Waals surface area contributed by atoms with Crippen LogP contribution in [-0.2, 0) is 0 Å². The number of rotatable bonds is 2. The van der Waals surface area contributed by atoms with Gasteiger partial charge in [-0.3, -0.25) is 9.97 Å². The van der Waals surface area contributed by atoms with Crippen molar-refractivity contribution in [2.24, 2.45) is 0 Å². The highest BCUT2D eigenvalue weighted by atomic mass is 16.3. The Kier molecular flexibility index (Phi) is 4.39. The van der Waals surface area contributed by atoms with E-state index in [2.05, 4.69) is 116 Å². The van der Waals surface area contributed by atoms with Gasteiger partial charge < -0.3 is 13.6 Å². The Morgan fingerprint density at radius 2 is 1.21 bits per heavy atom. The summed E-state index contributed by atoms with van der Waals surface area (Å²) in [5.74, 6) is 0. The summed E-state index contributed by atoms with van der Waals surface area (Å²) >= 11 is 0. The van der Waals surface area contributed by atoms with Crippen LogP contribution < -0.4 is 0 Å². The van der Waals surface area contributed by atoms with Crippen molar-refractivity contribution < 1.29 is 4.42 Å². The van der Waals surface area contributed by atoms with Gasteiger partial charge in [-0.25, -0.2) is 0 Å². The summed E-state index contributed by atoms with van der Waals surface area (Å²) in [6.45, 7) is 0. The predicted molar refractivity (Wildman–Crippen MR) is 175 cm³/mol. The highest BCUT2D eigenvalue weighted by Crippen LogP contribution is 2.46. The monoisotopic (exact) mass is 550 g/mol. The maximum absolute atomic E-state index is 6.59. The zero-order valence-electron chi connectivity index (χ0n) is 22.9. The van der Waals surface area contributed by atoms with E-state index in [4.69, 9.17) is 4.42 Å². The van der Waals surface area contributed by atoms with Crippen LogP contribution in [0.5, 0.6) is 0 Å². The standard InChI is InChI=1S/C38H22N4O/c1-4-12-31-25(9-1)29-20-23(15-16-33(29)41(31)24-8-7-18-39-21-24)42-32-13-5-2-10-27(32)35-30-22-40-19-17-26(30)38-36(37(35)42)28-11-3-6-14-34(28)43-38/h1-22H. The van der Waals surface area contributed by atoms with Crippen LogP contribution in [-0.4, -0.2) is 19.1 Å². The van der Waals surface area contributed by atoms with Gasteiger partial charge in [-0.1, -0.05) is 54.6 Å². The number of furan rings is 1. The van der Waals surface area contributed by atoms with Crippen molar-refractivity contribution >= 4 is 76.3 Å². The topological polar surface area (TPSA) is 48.8 Å². The molecule has 5 nitrogen and oxygen atoms in total. The summed E-state index contributed by atoms with van der Waals surface area (Å²) in [6, 6.07) is 38.6. The maximum atomic E-state index is 6.59. The molecule has 5 aromatic carbocycles. The quantitative estimate of drug-likeness (QED) is 0.215. The first-order valence-corrected chi connectivity index (χ1v) is 14.4. The van der Waals surface area contributed by atoms with Gasteiger partial charge in [-0.2, -0.15) is 0 Å². The molecule has 0 bridgehead atoms. The van der Waals surface area contributed by atoms with Crippen molar-refractivity contribution in [2.75, 3.05) is 0 Å². The second kappa shape index (κ2) is 8.30. The molecule has 0 spiro atoms. The second-order valence-electron chi connectivity index (χ2n) is 11.1. The maximum Gasteiger partial charge on any atom is 0.145 e. The first-order valence-electron chi connectivity index (χ1n) is 14.4. The Labute approximate surface area is 244 Å². The van der Waals surface area contributed by atoms with Gasteiger partial charge >= 0.3 is 0 Å². The van der Waals surface area contributed by atoms with Gasteiger partial charge in [0.1, 0.15) is 11.2 Å². The summed E-state index contributed by atoms with van der Waals surface area (Å²) in [6.07, 6.45) is 7.57. The Morgan fingerprint density at radius 1 is 0.465 bits per heavy atom. The van der Waals surface area contributed by atoms with Gasteiger partial charge in [-0.15, -0.1) is 0 Å². The van der Waals surface area contributed by atoms with Crippen LogP contribution in [0.3, 0.4) is 0 Å². The molecular weight excluding hydrogens is 528 g/mol. The lowest BCUT2D eigenvalue weighted by Gasteiger charge is -2.11. The Hall–Kier alpha value is -5.94. The van der Waals surface area contributed by atoms with Crippen molar-refractivity contribution in [2.45, 2.75) is 0 Å². The molecule has 5 aromatic heterocycles. The molecule has 0 saturated carbocycles. The molecule has 0 fully saturated rings. The van der Waals surface area contributed by atoms with Crippen molar-refractivity contribution in [1.82, 2.24) is 19.1 Å². The third-order valence-electron chi connectivity index (χ3n) is 8.86. The zero-order chi connectivity index (χ0) is 28.1. The second-order valence-corrected chi connectivity index (χ2v) is 11.1. The van der Waals surface area contributed by atoms with Crippen LogP contribution in [0.1, 0.15) is 0 Å². The van der Waals surface area contributed by atoms with E-state index in [1.807, 2.05) is 36.9 Å². The van der Waals surface area contributed by atoms with Gasteiger partial charge in [0.2, 0.25) is 0 Å². The van der Waals surface area contributed by atoms with E-state index in [0.717, 1.165) is 66.2 Å². The summed E-state index contributed by atoms with van der Waals surface area (Å²) in [4.78, 5) is 8.98. The van der Waals surface area contributed by atoms with Crippen LogP contribution in [0, 0.1) is 0 Å². The van der Waals surface area contributed by atoms with Gasteiger partial charge in [0, 0.05) is 62.0 Å². The van der Waals surface area contributed by atoms with Crippen molar-refractivity contribution in [1.29, 1.82) is 0 Å². The summed E-state index contributed by atoms with van der Waals surface area (Å²) in [5, 5.41) is 9.19. The van der Waals surface area contributed by atoms with Crippen LogP contribution in [0.4, 0.5) is 0 Å². The van der Waals surface area contributed by atoms with Crippen LogP contribution >= 0.6 is 0 Å². The molecule has 43 heavy (non-hydrogen) atoms. The lowest BCUT2D eigenvalue weighted by atomic mass is 10.0. The van der Waals surface area contributed by atoms with E-state index in [0.29, 0.717) is 0 Å². The lowest BCUT2D eigenvalue weighted by Crippen LogP contribution is -1.96. The van der Waals surface area contributed by atoms with E-state index in [9.17, 15) is 0 Å². The number of fused-ring (bicyclic) bond motifs is 13. The lowest BCUT2D eigenvalue weighted by molar-refractivity contribution is 0.673. The van der Waals surface area contributed by atoms with Gasteiger partial charge in [-0.05, 0) is 54.6 Å². The third-order valence-corrected chi connectivity index (χ3v) is 8.86. The first kappa shape index (κ1) is 22.7. The van der Waals surface area contributed by atoms with Gasteiger partial charge in [0.25, 0.3) is 0 Å². The number of hydrogen-bond acceptors (Lipinski definition) is 3. The molecule has 0 amide bonds. The van der Waals surface area contributed by atoms with Crippen LogP contribution in [0.25, 0.3) is 87.7 Å². The smallest absolute Gasteiger partial charge is 0.145 e. The Morgan fingerprint density at radius 3 is 2.07 bits per heavy atom. The van der Waals surface area contributed by atoms with E-state index in [1.165, 1.54) is 21.5 Å². The zero-order valence-corrected chi connectivity index (χ0v) is 22.9. The largest absolute Gasteiger partial charge is 0.455 e. The molecule has 200 valence electrons. The minimum atomic E-state index is 0.884. The van der Waals surface area contributed by atoms with E-state index < -0.39 is 0 Å². The van der Waals surface area contributed by atoms with Gasteiger partial charge in [0.05, 0.1) is 39.3 Å². The summed E-state index contributed by atoms with van der Waals surface area (Å²) < 4.78 is 11.3. The average Bonchev–Trinajstić information content (AvgIpc) is 3.73. The fourth-order valence-corrected chi connectivity index (χ4v) is 7.14. The fraction of sp³-hybridized carbons (Fsp3) is 0. The molecule has 0 radical (unpaired) electrons. The molecule has 10 aromatic rings. The Bertz CT molecular complexity index is 2730. The third kappa shape index (κ3) is 2.95. The highest BCUT2D eigenvalue weighted by Gasteiger charge is 2.23. The van der Waals surface area contributed by atoms with Crippen LogP contribution in [0.2, 0.25) is 0 Å². The SMILES string of the molecule is c1cncc(-n2c3ccccc3c3cc(-n4c5ccccc5c5c6cnccc6c6oc7ccccc7c6c54)ccc32)c1. The molecule has 0 aliphatic heterocycles. The van der Waals surface area contributed by atoms with E-state index in [-0.39, 0.29) is 0 Å². The van der Waals surface area contributed by atoms with E-state index in [1.54, 1.807) is 0 Å². The average molecular weight is 551 g/mol. The Balaban J connectivity index is 1.41. The number of para-hydroxylation sites is 3. The highest BCUT2D eigenvalue weighted by molar-refractivity contribution is 6.35. The molecule has 5 heterocycles. The molecule has 0 unspecified atom stereocenters. The number of hydrogen-bond donors (Lipinski definition) is 0. The molecule has 0 atom stereocenters. The molecule has 5 heteroatoms. The van der Waals surface area contributed by atoms with Crippen molar-refractivity contribution in [3.63, 3.8) is 0 Å². The van der Waals surface area contributed by atoms with Crippen molar-refractivity contribution in [3.05, 3.63) is 134 Å². The molecule has 10 rings (SSSR count). The number of nitrogens with zero attached hydrogens (tertiary/aromatic N) is 4. The minimum Gasteiger partial charge on any atom is -0.455 e. The molecule has 0 saturated heterocycles. The summed E-state index contributed by atoms with van der Waals surface area (Å²) in [7, 11) is 0. The molecule has 0 aliphatic carbocycles. The normalized spacial score (nSPS) is 12.2. The van der Waals surface area contributed by atoms with Gasteiger partial charge in [0.15, 0.2) is 0 Å². The molecule has 0 N–H and O–H groups in total. The summed E-state index contributed by atoms with van der Waals surface area (Å²) in [5.41, 5.74) is 8.51. The molecule has 0 aliphatic rings. The number of benzene rings is 5. The number of pyridine rings is 2. The number of aromatic nitrogens is 4. The molecular formula is C38H22N4O. The first-order chi connectivity index (χ1) is 21.4. The van der Waals surface area contributed by atoms with Crippen molar-refractivity contribution in [3.8, 4) is 11.4 Å². The van der Waals surface area contributed by atoms with E-state index >= 15 is 0 Å². The predicted octanol–water partition coefficient (Wildman–Crippen LogP) is 9.72. The van der Waals surface area contributed by atoms with Crippen LogP contribution in [0.15, 0.2) is 138 Å². The fourth-order valence-electron chi connectivity index (χ4n) is 7.14.